The Morgan fingerprint density at radius 2 is 1.85 bits per heavy atom. The topological polar surface area (TPSA) is 78.0 Å². The maximum atomic E-state index is 11.8. The van der Waals surface area contributed by atoms with Gasteiger partial charge in [-0.15, -0.1) is 0 Å². The van der Waals surface area contributed by atoms with Crippen LogP contribution in [0.15, 0.2) is 24.3 Å². The first-order valence-corrected chi connectivity index (χ1v) is 8.32. The molecule has 0 radical (unpaired) electrons. The van der Waals surface area contributed by atoms with E-state index in [-0.39, 0.29) is 0 Å². The number of rotatable bonds is 3. The molecule has 20 heavy (non-hydrogen) atoms. The smallest absolute Gasteiger partial charge is 0.155 e. The summed E-state index contributed by atoms with van der Waals surface area (Å²) in [6, 6.07) is 7.07. The Bertz CT molecular complexity index is 736. The first-order valence-electron chi connectivity index (χ1n) is 5.99. The van der Waals surface area contributed by atoms with Gasteiger partial charge in [0.25, 0.3) is 0 Å². The number of benzene rings is 1. The molecule has 0 aliphatic rings. The summed E-state index contributed by atoms with van der Waals surface area (Å²) in [5.41, 5.74) is 7.92. The van der Waals surface area contributed by atoms with Gasteiger partial charge in [0.2, 0.25) is 0 Å². The van der Waals surface area contributed by atoms with E-state index in [0.717, 1.165) is 5.56 Å². The molecule has 0 bridgehead atoms. The lowest BCUT2D eigenvalue weighted by Gasteiger charge is -2.09. The van der Waals surface area contributed by atoms with Gasteiger partial charge in [0.1, 0.15) is 11.1 Å². The van der Waals surface area contributed by atoms with Crippen LogP contribution in [0.3, 0.4) is 0 Å². The van der Waals surface area contributed by atoms with Crippen LogP contribution in [0.4, 0.5) is 5.82 Å². The van der Waals surface area contributed by atoms with Crippen LogP contribution in [0, 0.1) is 0 Å². The molecule has 1 aromatic heterocycles. The lowest BCUT2D eigenvalue weighted by atomic mass is 10.0. The van der Waals surface area contributed by atoms with Crippen molar-refractivity contribution in [2.24, 2.45) is 7.05 Å². The van der Waals surface area contributed by atoms with Gasteiger partial charge in [-0.25, -0.2) is 8.42 Å². The number of anilines is 1. The Labute approximate surface area is 123 Å². The van der Waals surface area contributed by atoms with Gasteiger partial charge < -0.3 is 5.73 Å². The summed E-state index contributed by atoms with van der Waals surface area (Å²) in [7, 11) is -1.57. The molecule has 1 aromatic carbocycles. The van der Waals surface area contributed by atoms with Crippen LogP contribution in [-0.2, 0) is 16.9 Å². The van der Waals surface area contributed by atoms with Crippen molar-refractivity contribution >= 4 is 27.3 Å². The first kappa shape index (κ1) is 14.9. The van der Waals surface area contributed by atoms with Crippen LogP contribution in [0.2, 0.25) is 5.02 Å². The number of nitrogens with two attached hydrogens (primary N) is 1. The van der Waals surface area contributed by atoms with E-state index < -0.39 is 15.1 Å². The fraction of sp³-hybridized carbons (Fsp3) is 0.308. The largest absolute Gasteiger partial charge is 0.383 e. The minimum Gasteiger partial charge on any atom is -0.383 e. The Hall–Kier alpha value is -1.53. The van der Waals surface area contributed by atoms with E-state index in [1.54, 1.807) is 38.2 Å². The molecule has 0 spiro atoms. The number of aryl methyl sites for hydroxylation is 1. The summed E-state index contributed by atoms with van der Waals surface area (Å²) in [4.78, 5) is 0. The van der Waals surface area contributed by atoms with Crippen molar-refractivity contribution in [2.75, 3.05) is 12.0 Å². The highest BCUT2D eigenvalue weighted by molar-refractivity contribution is 7.90. The van der Waals surface area contributed by atoms with Crippen molar-refractivity contribution in [3.05, 3.63) is 35.0 Å². The molecule has 0 amide bonds. The third kappa shape index (κ3) is 2.66. The minimum atomic E-state index is -3.26. The zero-order valence-electron chi connectivity index (χ0n) is 11.5. The summed E-state index contributed by atoms with van der Waals surface area (Å²) >= 11 is 5.87. The van der Waals surface area contributed by atoms with E-state index in [2.05, 4.69) is 5.10 Å². The van der Waals surface area contributed by atoms with E-state index >= 15 is 0 Å². The standard InChI is InChI=1S/C13H16ClN3O2S/c1-8(20(3,18)19)12-11(13(15)17(2)16-12)9-4-6-10(14)7-5-9/h4-8H,15H2,1-3H3. The van der Waals surface area contributed by atoms with Gasteiger partial charge in [-0.1, -0.05) is 23.7 Å². The SMILES string of the molecule is CC(c1nn(C)c(N)c1-c1ccc(Cl)cc1)S(C)(=O)=O. The molecule has 0 fully saturated rings. The van der Waals surface area contributed by atoms with Crippen molar-refractivity contribution in [1.29, 1.82) is 0 Å². The first-order chi connectivity index (χ1) is 9.21. The molecule has 1 atom stereocenters. The number of hydrogen-bond acceptors (Lipinski definition) is 4. The monoisotopic (exact) mass is 313 g/mol. The molecule has 1 unspecified atom stereocenters. The normalized spacial score (nSPS) is 13.4. The second kappa shape index (κ2) is 5.10. The molecule has 1 heterocycles. The van der Waals surface area contributed by atoms with Gasteiger partial charge in [0.15, 0.2) is 9.84 Å². The molecule has 0 saturated carbocycles. The lowest BCUT2D eigenvalue weighted by molar-refractivity contribution is 0.589. The van der Waals surface area contributed by atoms with Gasteiger partial charge in [-0.2, -0.15) is 5.10 Å². The summed E-state index contributed by atoms with van der Waals surface area (Å²) in [6.07, 6.45) is 1.19. The van der Waals surface area contributed by atoms with Crippen LogP contribution in [0.5, 0.6) is 0 Å². The number of nitrogen functional groups attached to an aromatic ring is 1. The predicted octanol–water partition coefficient (Wildman–Crippen LogP) is 2.43. The molecule has 0 aliphatic carbocycles. The Morgan fingerprint density at radius 1 is 1.30 bits per heavy atom. The quantitative estimate of drug-likeness (QED) is 0.944. The van der Waals surface area contributed by atoms with Crippen molar-refractivity contribution < 1.29 is 8.42 Å². The van der Waals surface area contributed by atoms with Gasteiger partial charge in [-0.3, -0.25) is 4.68 Å². The van der Waals surface area contributed by atoms with Gasteiger partial charge in [0, 0.05) is 23.9 Å². The summed E-state index contributed by atoms with van der Waals surface area (Å²) in [5.74, 6) is 0.429. The fourth-order valence-corrected chi connectivity index (χ4v) is 2.65. The van der Waals surface area contributed by atoms with Crippen molar-refractivity contribution in [3.63, 3.8) is 0 Å². The fourth-order valence-electron chi connectivity index (χ4n) is 1.96. The van der Waals surface area contributed by atoms with Crippen molar-refractivity contribution in [1.82, 2.24) is 9.78 Å². The van der Waals surface area contributed by atoms with Crippen LogP contribution >= 0.6 is 11.6 Å². The molecule has 108 valence electrons. The van der Waals surface area contributed by atoms with E-state index in [9.17, 15) is 8.42 Å². The number of halogens is 1. The Kier molecular flexibility index (Phi) is 3.80. The average Bonchev–Trinajstić information content (AvgIpc) is 2.65. The van der Waals surface area contributed by atoms with Crippen molar-refractivity contribution in [2.45, 2.75) is 12.2 Å². The summed E-state index contributed by atoms with van der Waals surface area (Å²) in [5, 5.41) is 4.14. The van der Waals surface area contributed by atoms with E-state index in [1.807, 2.05) is 0 Å². The minimum absolute atomic E-state index is 0.429. The molecule has 5 nitrogen and oxygen atoms in total. The predicted molar refractivity (Wildman–Crippen MR) is 81.3 cm³/mol. The second-order valence-electron chi connectivity index (χ2n) is 4.75. The molecule has 2 N–H and O–H groups in total. The van der Waals surface area contributed by atoms with Crippen molar-refractivity contribution in [3.8, 4) is 11.1 Å². The third-order valence-electron chi connectivity index (χ3n) is 3.28. The number of hydrogen-bond donors (Lipinski definition) is 1. The highest BCUT2D eigenvalue weighted by Gasteiger charge is 2.26. The summed E-state index contributed by atoms with van der Waals surface area (Å²) < 4.78 is 25.0. The molecule has 2 rings (SSSR count). The molecular weight excluding hydrogens is 298 g/mol. The number of sulfone groups is 1. The molecular formula is C13H16ClN3O2S. The van der Waals surface area contributed by atoms with E-state index in [4.69, 9.17) is 17.3 Å². The number of nitrogens with zero attached hydrogens (tertiary/aromatic N) is 2. The Balaban J connectivity index is 2.66. The van der Waals surface area contributed by atoms with Crippen LogP contribution in [-0.4, -0.2) is 24.5 Å². The average molecular weight is 314 g/mol. The van der Waals surface area contributed by atoms with Gasteiger partial charge >= 0.3 is 0 Å². The maximum absolute atomic E-state index is 11.8. The zero-order valence-corrected chi connectivity index (χ0v) is 13.0. The van der Waals surface area contributed by atoms with Gasteiger partial charge in [0.05, 0.1) is 5.69 Å². The van der Waals surface area contributed by atoms with Crippen LogP contribution in [0.25, 0.3) is 11.1 Å². The molecule has 0 saturated heterocycles. The maximum Gasteiger partial charge on any atom is 0.155 e. The second-order valence-corrected chi connectivity index (χ2v) is 7.55. The summed E-state index contributed by atoms with van der Waals surface area (Å²) in [6.45, 7) is 1.61. The molecule has 2 aromatic rings. The highest BCUT2D eigenvalue weighted by atomic mass is 35.5. The van der Waals surface area contributed by atoms with Crippen LogP contribution < -0.4 is 5.73 Å². The zero-order chi connectivity index (χ0) is 15.1. The van der Waals surface area contributed by atoms with E-state index in [0.29, 0.717) is 22.1 Å². The van der Waals surface area contributed by atoms with Gasteiger partial charge in [-0.05, 0) is 24.6 Å². The molecule has 7 heteroatoms. The highest BCUT2D eigenvalue weighted by Crippen LogP contribution is 2.35. The third-order valence-corrected chi connectivity index (χ3v) is 5.04. The van der Waals surface area contributed by atoms with Crippen LogP contribution in [0.1, 0.15) is 17.9 Å². The lowest BCUT2D eigenvalue weighted by Crippen LogP contribution is -2.09. The number of aromatic nitrogens is 2. The van der Waals surface area contributed by atoms with E-state index in [1.165, 1.54) is 10.9 Å². The Morgan fingerprint density at radius 3 is 2.35 bits per heavy atom. The molecule has 0 aliphatic heterocycles.